The maximum Gasteiger partial charge on any atom is 0.246 e. The highest BCUT2D eigenvalue weighted by molar-refractivity contribution is 6.32. The van der Waals surface area contributed by atoms with E-state index in [-0.39, 0.29) is 110 Å². The minimum Gasteiger partial charge on any atom is -0.508 e. The molecule has 5 aromatic rings. The van der Waals surface area contributed by atoms with Crippen LogP contribution in [0.3, 0.4) is 0 Å². The van der Waals surface area contributed by atoms with Crippen LogP contribution in [-0.4, -0.2) is 203 Å². The average molecular weight is 1720 g/mol. The molecule has 4 saturated carbocycles. The van der Waals surface area contributed by atoms with E-state index in [0.29, 0.717) is 11.8 Å². The van der Waals surface area contributed by atoms with E-state index in [9.17, 15) is 55.5 Å². The molecular weight excluding hydrogens is 1620 g/mol. The first-order valence-electron chi connectivity index (χ1n) is 41.0. The number of aliphatic hydroxyl groups excluding tert-OH is 6. The molecule has 3 saturated heterocycles. The molecule has 13 unspecified atom stereocenters. The summed E-state index contributed by atoms with van der Waals surface area (Å²) in [4.78, 5) is 125. The molecule has 121 heavy (non-hydrogen) atoms. The standard InChI is InChI=1S/C86H106Cl2N8O25/c1-34(2)14-53(92-7)82(112)95-70-56(101)23-45(26-64(89)104)80(110)93-68-44-24-61(116-59-12-9-40(72(70)105)21-51(59)87)76(121-84-77(74(107)73(106)63(33-97)118-84)120-66-32-86(6,91)79(109)36(4)115-66)62(25-44)117-60-13-10-41(22-52(60)88)75(119-65-31-85(5,90)78(108)35(3)114-65)71-83(113)94-69(58(103)29-47-42-16-37-15-38(18-42)19-43(47)17-37)50-27-46(98)28-55(100)67(50)49-20-39(8-11-54(49)99)48(30-57(68)102)81(111)96-71/h8-13,20-22,24-25,27-28,34-38,42-43,45,47-48,53,63,65-66,68-75,77-79,84,92,97-100,105-109H,14-19,23,26,29-33,90-91H2,1-7H3,(H2,89,104)(H,93,110)(H,94,113)(H,95,112)(H,96,111)/t35?,36?,37?,38?,42?,43?,45-,47?,48+,53+,63?,65?,66?,68+,69-,70-,71-,72+,73?,74?,75+,77?,78?,79?,84?,85?,86?/m0/s1. The van der Waals surface area contributed by atoms with Gasteiger partial charge in [-0.05, 0) is 191 Å². The van der Waals surface area contributed by atoms with Gasteiger partial charge in [-0.2, -0.15) is 0 Å². The smallest absolute Gasteiger partial charge is 0.246 e. The van der Waals surface area contributed by atoms with Crippen molar-refractivity contribution in [2.24, 2.45) is 58.6 Å². The number of carbonyl (C=O) groups excluding carboxylic acids is 8. The molecule has 17 rings (SSSR count). The zero-order valence-electron chi connectivity index (χ0n) is 67.8. The molecule has 654 valence electrons. The van der Waals surface area contributed by atoms with Crippen LogP contribution in [-0.2, 0) is 62.0 Å². The monoisotopic (exact) mass is 1720 g/mol. The number of benzene rings is 5. The number of halogens is 2. The van der Waals surface area contributed by atoms with E-state index in [1.807, 2.05) is 13.8 Å². The van der Waals surface area contributed by atoms with Gasteiger partial charge in [-0.25, -0.2) is 0 Å². The number of carbonyl (C=O) groups is 8. The number of phenols is 3. The molecule has 35 heteroatoms. The highest BCUT2D eigenvalue weighted by Crippen LogP contribution is 2.59. The number of ketones is 3. The van der Waals surface area contributed by atoms with Crippen molar-refractivity contribution in [3.63, 3.8) is 0 Å². The van der Waals surface area contributed by atoms with Crippen molar-refractivity contribution >= 4 is 70.1 Å². The summed E-state index contributed by atoms with van der Waals surface area (Å²) in [5, 5.41) is 119. The number of primary amides is 1. The molecule has 5 amide bonds. The van der Waals surface area contributed by atoms with Gasteiger partial charge in [0.1, 0.15) is 83.4 Å². The molecule has 7 fully saturated rings. The lowest BCUT2D eigenvalue weighted by Crippen LogP contribution is -2.64. The highest BCUT2D eigenvalue weighted by Gasteiger charge is 2.54. The number of ether oxygens (including phenoxy) is 8. The molecule has 0 aromatic heterocycles. The molecule has 15 bridgehead atoms. The number of hydrogen-bond acceptors (Lipinski definition) is 28. The summed E-state index contributed by atoms with van der Waals surface area (Å²) < 4.78 is 52.7. The second-order valence-corrected chi connectivity index (χ2v) is 36.1. The number of aromatic hydroxyl groups is 3. The summed E-state index contributed by atoms with van der Waals surface area (Å²) in [6.45, 7) is 8.86. The van der Waals surface area contributed by atoms with Crippen molar-refractivity contribution in [2.45, 2.75) is 246 Å². The van der Waals surface area contributed by atoms with Gasteiger partial charge in [-0.15, -0.1) is 0 Å². The fourth-order valence-electron chi connectivity index (χ4n) is 19.6. The number of Topliss-reactive ketones (excluding diaryl/α,β-unsaturated/α-hetero) is 3. The Hall–Kier alpha value is -8.72. The minimum absolute atomic E-state index is 0.0392. The van der Waals surface area contributed by atoms with E-state index in [0.717, 1.165) is 62.4 Å². The van der Waals surface area contributed by atoms with E-state index in [2.05, 4.69) is 26.6 Å². The molecular formula is C86H106Cl2N8O25. The Balaban J connectivity index is 0.999. The van der Waals surface area contributed by atoms with Crippen LogP contribution in [0, 0.1) is 41.4 Å². The number of likely N-dealkylation sites (N-methyl/N-ethyl adjacent to an activating group) is 1. The van der Waals surface area contributed by atoms with Crippen molar-refractivity contribution < 1.29 is 122 Å². The van der Waals surface area contributed by atoms with Crippen LogP contribution in [0.25, 0.3) is 11.1 Å². The summed E-state index contributed by atoms with van der Waals surface area (Å²) in [6.07, 6.45) is -19.4. The van der Waals surface area contributed by atoms with E-state index < -0.39 is 240 Å². The Bertz CT molecular complexity index is 4790. The van der Waals surface area contributed by atoms with Crippen LogP contribution in [0.2, 0.25) is 10.0 Å². The largest absolute Gasteiger partial charge is 0.508 e. The number of amides is 5. The Kier molecular flexibility index (Phi) is 26.0. The summed E-state index contributed by atoms with van der Waals surface area (Å²) in [7, 11) is 1.51. The fraction of sp³-hybridized carbons (Fsp3) is 0.558. The van der Waals surface area contributed by atoms with Crippen molar-refractivity contribution in [1.29, 1.82) is 0 Å². The lowest BCUT2D eigenvalue weighted by Gasteiger charge is -2.54. The third-order valence-electron chi connectivity index (χ3n) is 25.7. The molecule has 12 aliphatic rings. The molecule has 8 aliphatic heterocycles. The molecule has 0 radical (unpaired) electrons. The normalized spacial score (nSPS) is 35.1. The predicted octanol–water partition coefficient (Wildman–Crippen LogP) is 5.27. The molecule has 4 aliphatic carbocycles. The second-order valence-electron chi connectivity index (χ2n) is 35.3. The molecule has 8 heterocycles. The minimum atomic E-state index is -2.20. The molecule has 0 spiro atoms. The van der Waals surface area contributed by atoms with E-state index in [1.54, 1.807) is 6.92 Å². The van der Waals surface area contributed by atoms with Gasteiger partial charge in [0.25, 0.3) is 0 Å². The molecule has 20 N–H and O–H groups in total. The third-order valence-corrected chi connectivity index (χ3v) is 26.3. The topological polar surface area (TPSA) is 531 Å². The van der Waals surface area contributed by atoms with Gasteiger partial charge in [0.2, 0.25) is 41.6 Å². The lowest BCUT2D eigenvalue weighted by atomic mass is 9.51. The zero-order chi connectivity index (χ0) is 87.0. The van der Waals surface area contributed by atoms with Crippen LogP contribution in [0.1, 0.15) is 177 Å². The van der Waals surface area contributed by atoms with Crippen LogP contribution in [0.15, 0.2) is 78.9 Å². The summed E-state index contributed by atoms with van der Waals surface area (Å²) in [5.41, 5.74) is 15.1. The van der Waals surface area contributed by atoms with Crippen LogP contribution < -0.4 is 58.0 Å². The van der Waals surface area contributed by atoms with Gasteiger partial charge in [-0.3, -0.25) is 38.4 Å². The van der Waals surface area contributed by atoms with Gasteiger partial charge in [0.05, 0.1) is 58.9 Å². The number of fused-ring (bicyclic) bond motifs is 15. The molecule has 5 aromatic carbocycles. The molecule has 33 nitrogen and oxygen atoms in total. The van der Waals surface area contributed by atoms with E-state index in [4.69, 9.17) is 78.3 Å². The number of rotatable bonds is 17. The van der Waals surface area contributed by atoms with Crippen LogP contribution in [0.4, 0.5) is 0 Å². The van der Waals surface area contributed by atoms with Crippen molar-refractivity contribution in [3.05, 3.63) is 117 Å². The van der Waals surface area contributed by atoms with E-state index >= 15 is 28.8 Å². The van der Waals surface area contributed by atoms with E-state index in [1.165, 1.54) is 76.3 Å². The first-order valence-corrected chi connectivity index (χ1v) is 41.8. The number of aliphatic hydroxyl groups is 6. The SMILES string of the molecule is CN[C@H](CC(C)C)C(=O)N[C@H]1C(=O)C[C@@H](CC(N)=O)C(=O)N[C@H]2C(=O)C[C@H]3C(=O)N[C@H](C(=O)N[C@H](C(=O)CC4C5CC6CC(C5)CC4C6)c4cc(O)cc(O)c4-c4cc3ccc4O)[C@H](OC3CC(C)(N)C(O)C(C)O3)c3ccc(c(Cl)c3)Oc3cc2cc(c3OC2OC(CO)C(O)C(O)C2OC2CC(C)(N)C(O)C(C)O2)Oc2ccc(cc2Cl)[C@H]1O. The third kappa shape index (κ3) is 18.5. The number of phenolic OH excluding ortho intramolecular Hbond substituents is 3. The van der Waals surface area contributed by atoms with Crippen LogP contribution in [0.5, 0.6) is 46.0 Å². The zero-order valence-corrected chi connectivity index (χ0v) is 69.3. The Morgan fingerprint density at radius 1 is 0.653 bits per heavy atom. The van der Waals surface area contributed by atoms with Crippen molar-refractivity contribution in [3.8, 4) is 57.1 Å². The highest BCUT2D eigenvalue weighted by atomic mass is 35.5. The number of nitrogens with two attached hydrogens (primary N) is 3. The average Bonchev–Trinajstić information content (AvgIpc) is 0.840. The quantitative estimate of drug-likeness (QED) is 0.0564. The van der Waals surface area contributed by atoms with Gasteiger partial charge in [0.15, 0.2) is 47.5 Å². The van der Waals surface area contributed by atoms with Gasteiger partial charge >= 0.3 is 0 Å². The van der Waals surface area contributed by atoms with Gasteiger partial charge in [-0.1, -0.05) is 55.2 Å². The summed E-state index contributed by atoms with van der Waals surface area (Å²) in [6, 6.07) is 6.76. The first kappa shape index (κ1) is 88.6. The van der Waals surface area contributed by atoms with Crippen molar-refractivity contribution in [2.75, 3.05) is 13.7 Å². The fourth-order valence-corrected chi connectivity index (χ4v) is 20.0. The molecule has 22 atom stereocenters. The van der Waals surface area contributed by atoms with Gasteiger partial charge < -0.3 is 128 Å². The number of nitrogens with one attached hydrogen (secondary N) is 5. The number of hydrogen-bond donors (Lipinski definition) is 17. The Morgan fingerprint density at radius 2 is 1.25 bits per heavy atom. The predicted molar refractivity (Wildman–Crippen MR) is 431 cm³/mol. The maximum absolute atomic E-state index is 16.8. The first-order chi connectivity index (χ1) is 57.2. The Morgan fingerprint density at radius 3 is 1.83 bits per heavy atom. The summed E-state index contributed by atoms with van der Waals surface area (Å²) >= 11 is 14.8. The lowest BCUT2D eigenvalue weighted by molar-refractivity contribution is -0.333. The Labute approximate surface area is 707 Å². The van der Waals surface area contributed by atoms with Crippen molar-refractivity contribution in [1.82, 2.24) is 26.6 Å². The maximum atomic E-state index is 16.8. The van der Waals surface area contributed by atoms with Gasteiger partial charge in [0, 0.05) is 66.8 Å². The second kappa shape index (κ2) is 35.5. The summed E-state index contributed by atoms with van der Waals surface area (Å²) in [5.74, 6) is -15.1. The van der Waals surface area contributed by atoms with Crippen LogP contribution >= 0.6 is 23.2 Å².